The number of nitrogens with two attached hydrogens (primary N) is 1. The van der Waals surface area contributed by atoms with Crippen molar-refractivity contribution in [3.63, 3.8) is 0 Å². The highest BCUT2D eigenvalue weighted by Gasteiger charge is 2.14. The minimum Gasteiger partial charge on any atom is -0.481 e. The molecule has 0 unspecified atom stereocenters. The number of hydrogen-bond acceptors (Lipinski definition) is 4. The molecule has 0 aromatic rings. The first kappa shape index (κ1) is 39.9. The van der Waals surface area contributed by atoms with E-state index in [-0.39, 0.29) is 0 Å². The molecule has 0 saturated heterocycles. The molecule has 41 heavy (non-hydrogen) atoms. The van der Waals surface area contributed by atoms with Crippen LogP contribution in [0.2, 0.25) is 0 Å². The Labute approximate surface area is 256 Å². The molecule has 0 bridgehead atoms. The van der Waals surface area contributed by atoms with E-state index in [4.69, 9.17) is 10.8 Å². The summed E-state index contributed by atoms with van der Waals surface area (Å²) >= 11 is 0. The van der Waals surface area contributed by atoms with Crippen LogP contribution in [0.25, 0.3) is 0 Å². The Morgan fingerprint density at radius 2 is 1.00 bits per heavy atom. The normalized spacial score (nSPS) is 12.9. The van der Waals surface area contributed by atoms with Crippen molar-refractivity contribution >= 4 is 11.8 Å². The topological polar surface area (TPSA) is 78.9 Å². The van der Waals surface area contributed by atoms with E-state index in [0.717, 1.165) is 45.4 Å². The monoisotopic (exact) mass is 580 g/mol. The third kappa shape index (κ3) is 30.2. The van der Waals surface area contributed by atoms with E-state index in [9.17, 15) is 4.79 Å². The lowest BCUT2D eigenvalue weighted by molar-refractivity contribution is -0.137. The van der Waals surface area contributed by atoms with Crippen molar-refractivity contribution in [2.75, 3.05) is 26.2 Å². The molecule has 1 aliphatic rings. The van der Waals surface area contributed by atoms with E-state index < -0.39 is 5.97 Å². The predicted octanol–water partition coefficient (Wildman–Crippen LogP) is 10.7. The zero-order valence-corrected chi connectivity index (χ0v) is 28.0. The van der Waals surface area contributed by atoms with Crippen molar-refractivity contribution in [1.29, 1.82) is 0 Å². The fourth-order valence-corrected chi connectivity index (χ4v) is 5.76. The third-order valence-corrected chi connectivity index (χ3v) is 8.43. The van der Waals surface area contributed by atoms with Crippen molar-refractivity contribution < 1.29 is 9.90 Å². The molecule has 0 amide bonds. The number of aliphatic carboxylic acids is 1. The molecule has 0 spiro atoms. The molecule has 0 fully saturated rings. The molecule has 0 aliphatic carbocycles. The van der Waals surface area contributed by atoms with Gasteiger partial charge in [0, 0.05) is 32.5 Å². The summed E-state index contributed by atoms with van der Waals surface area (Å²) in [6.07, 6.45) is 36.9. The maximum Gasteiger partial charge on any atom is 0.303 e. The minimum absolute atomic E-state index is 0.345. The molecule has 0 saturated carbocycles. The molecular weight excluding hydrogens is 506 g/mol. The number of carboxylic acids is 1. The van der Waals surface area contributed by atoms with Crippen LogP contribution in [-0.2, 0) is 4.79 Å². The van der Waals surface area contributed by atoms with Crippen LogP contribution in [0.15, 0.2) is 4.99 Å². The zero-order valence-electron chi connectivity index (χ0n) is 28.0. The fourth-order valence-electron chi connectivity index (χ4n) is 5.76. The van der Waals surface area contributed by atoms with Crippen LogP contribution in [0.3, 0.4) is 0 Å². The lowest BCUT2D eigenvalue weighted by Crippen LogP contribution is -2.32. The van der Waals surface area contributed by atoms with Gasteiger partial charge in [0.05, 0.1) is 12.4 Å². The summed E-state index contributed by atoms with van der Waals surface area (Å²) < 4.78 is 0. The summed E-state index contributed by atoms with van der Waals surface area (Å²) in [7, 11) is 0. The largest absolute Gasteiger partial charge is 0.481 e. The number of amidine groups is 1. The SMILES string of the molecule is CCCCCCCCCCCCCC1=NCCN1CCN.CCCCCCCCCCCCCCCCCC(=O)O. The van der Waals surface area contributed by atoms with Crippen LogP contribution >= 0.6 is 0 Å². The van der Waals surface area contributed by atoms with Crippen LogP contribution in [0.5, 0.6) is 0 Å². The third-order valence-electron chi connectivity index (χ3n) is 8.43. The number of nitrogens with zero attached hydrogens (tertiary/aromatic N) is 2. The van der Waals surface area contributed by atoms with Gasteiger partial charge in [-0.15, -0.1) is 0 Å². The Morgan fingerprint density at radius 3 is 1.37 bits per heavy atom. The first-order valence-electron chi connectivity index (χ1n) is 18.4. The first-order valence-corrected chi connectivity index (χ1v) is 18.4. The lowest BCUT2D eigenvalue weighted by Gasteiger charge is -2.19. The van der Waals surface area contributed by atoms with E-state index in [1.54, 1.807) is 0 Å². The van der Waals surface area contributed by atoms with Gasteiger partial charge in [0.1, 0.15) is 0 Å². The maximum absolute atomic E-state index is 10.3. The second kappa shape index (κ2) is 33.4. The number of hydrogen-bond donors (Lipinski definition) is 2. The fraction of sp³-hybridized carbons (Fsp3) is 0.944. The van der Waals surface area contributed by atoms with Crippen molar-refractivity contribution in [3.05, 3.63) is 0 Å². The van der Waals surface area contributed by atoms with Gasteiger partial charge in [-0.05, 0) is 12.8 Å². The van der Waals surface area contributed by atoms with E-state index in [2.05, 4.69) is 23.7 Å². The molecule has 1 rings (SSSR count). The van der Waals surface area contributed by atoms with Gasteiger partial charge in [-0.2, -0.15) is 0 Å². The number of carboxylic acid groups (broad SMARTS) is 1. The average molecular weight is 580 g/mol. The molecule has 3 N–H and O–H groups in total. The molecule has 0 radical (unpaired) electrons. The highest BCUT2D eigenvalue weighted by molar-refractivity contribution is 5.83. The van der Waals surface area contributed by atoms with E-state index >= 15 is 0 Å². The summed E-state index contributed by atoms with van der Waals surface area (Å²) in [5, 5.41) is 8.52. The molecular formula is C36H73N3O2. The Morgan fingerprint density at radius 1 is 0.634 bits per heavy atom. The van der Waals surface area contributed by atoms with E-state index in [0.29, 0.717) is 6.42 Å². The molecule has 5 nitrogen and oxygen atoms in total. The van der Waals surface area contributed by atoms with Gasteiger partial charge < -0.3 is 15.7 Å². The quantitative estimate of drug-likeness (QED) is 0.0829. The van der Waals surface area contributed by atoms with Crippen molar-refractivity contribution in [3.8, 4) is 0 Å². The summed E-state index contributed by atoms with van der Waals surface area (Å²) in [6, 6.07) is 0. The Bertz CT molecular complexity index is 567. The van der Waals surface area contributed by atoms with Gasteiger partial charge >= 0.3 is 5.97 Å². The Balaban J connectivity index is 0.000000782. The molecule has 5 heteroatoms. The van der Waals surface area contributed by atoms with Gasteiger partial charge in [0.2, 0.25) is 0 Å². The standard InChI is InChI=1S/C18H37N3.C18H36O2/c1-2-3-4-5-6-7-8-9-10-11-12-13-18-20-15-17-21(18)16-14-19;1-2-3-4-5-6-7-8-9-10-11-12-13-14-15-16-17-18(19)20/h2-17,19H2,1H3;2-17H2,1H3,(H,19,20). The van der Waals surface area contributed by atoms with Crippen LogP contribution in [0, 0.1) is 0 Å². The number of carbonyl (C=O) groups is 1. The summed E-state index contributed by atoms with van der Waals surface area (Å²) in [5.41, 5.74) is 5.63. The second-order valence-electron chi connectivity index (χ2n) is 12.5. The van der Waals surface area contributed by atoms with Crippen LogP contribution in [0.1, 0.15) is 194 Å². The average Bonchev–Trinajstić information content (AvgIpc) is 3.41. The van der Waals surface area contributed by atoms with Crippen molar-refractivity contribution in [1.82, 2.24) is 4.90 Å². The van der Waals surface area contributed by atoms with E-state index in [1.165, 1.54) is 160 Å². The second-order valence-corrected chi connectivity index (χ2v) is 12.5. The maximum atomic E-state index is 10.3. The molecule has 244 valence electrons. The highest BCUT2D eigenvalue weighted by atomic mass is 16.4. The van der Waals surface area contributed by atoms with E-state index in [1.807, 2.05) is 0 Å². The molecule has 0 atom stereocenters. The van der Waals surface area contributed by atoms with Gasteiger partial charge in [-0.1, -0.05) is 168 Å². The number of aliphatic imine (C=N–C) groups is 1. The Hall–Kier alpha value is -1.10. The summed E-state index contributed by atoms with van der Waals surface area (Å²) in [4.78, 5) is 17.3. The first-order chi connectivity index (χ1) is 20.2. The summed E-state index contributed by atoms with van der Waals surface area (Å²) in [5.74, 6) is 0.663. The number of unbranched alkanes of at least 4 members (excludes halogenated alkanes) is 24. The molecule has 0 aromatic heterocycles. The molecule has 1 aliphatic heterocycles. The van der Waals surface area contributed by atoms with Crippen molar-refractivity contribution in [2.24, 2.45) is 10.7 Å². The van der Waals surface area contributed by atoms with Crippen LogP contribution < -0.4 is 5.73 Å². The zero-order chi connectivity index (χ0) is 30.1. The number of rotatable bonds is 30. The van der Waals surface area contributed by atoms with Gasteiger partial charge in [0.15, 0.2) is 0 Å². The molecule has 1 heterocycles. The van der Waals surface area contributed by atoms with Crippen LogP contribution in [0.4, 0.5) is 0 Å². The highest BCUT2D eigenvalue weighted by Crippen LogP contribution is 2.15. The lowest BCUT2D eigenvalue weighted by atomic mass is 10.0. The van der Waals surface area contributed by atoms with Gasteiger partial charge in [0.25, 0.3) is 0 Å². The molecule has 0 aromatic carbocycles. The minimum atomic E-state index is -0.653. The summed E-state index contributed by atoms with van der Waals surface area (Å²) in [6.45, 7) is 8.35. The van der Waals surface area contributed by atoms with Crippen molar-refractivity contribution in [2.45, 2.75) is 194 Å². The van der Waals surface area contributed by atoms with Gasteiger partial charge in [-0.25, -0.2) is 0 Å². The smallest absolute Gasteiger partial charge is 0.303 e. The van der Waals surface area contributed by atoms with Crippen LogP contribution in [-0.4, -0.2) is 48.0 Å². The Kier molecular flexibility index (Phi) is 32.5. The van der Waals surface area contributed by atoms with Gasteiger partial charge in [-0.3, -0.25) is 9.79 Å². The predicted molar refractivity (Wildman–Crippen MR) is 181 cm³/mol.